The van der Waals surface area contributed by atoms with E-state index in [9.17, 15) is 21.6 Å². The predicted octanol–water partition coefficient (Wildman–Crippen LogP) is 5.60. The van der Waals surface area contributed by atoms with Gasteiger partial charge in [-0.2, -0.15) is 0 Å². The smallest absolute Gasteiger partial charge is 0.264 e. The highest BCUT2D eigenvalue weighted by Crippen LogP contribution is 2.28. The number of halogens is 1. The van der Waals surface area contributed by atoms with E-state index in [2.05, 4.69) is 10.0 Å². The molecule has 0 saturated heterocycles. The highest BCUT2D eigenvalue weighted by molar-refractivity contribution is 7.93. The van der Waals surface area contributed by atoms with E-state index in [0.29, 0.717) is 16.5 Å². The van der Waals surface area contributed by atoms with Crippen LogP contribution in [-0.2, 0) is 24.8 Å². The molecule has 0 aromatic heterocycles. The van der Waals surface area contributed by atoms with Gasteiger partial charge in [0, 0.05) is 10.7 Å². The number of para-hydroxylation sites is 1. The Morgan fingerprint density at radius 3 is 2.00 bits per heavy atom. The van der Waals surface area contributed by atoms with Crippen molar-refractivity contribution in [1.29, 1.82) is 0 Å². The van der Waals surface area contributed by atoms with Crippen molar-refractivity contribution in [3.8, 4) is 5.75 Å². The molecule has 0 saturated carbocycles. The van der Waals surface area contributed by atoms with Gasteiger partial charge in [0.1, 0.15) is 12.3 Å². The summed E-state index contributed by atoms with van der Waals surface area (Å²) in [6.45, 7) is 3.05. The number of carbonyl (C=O) groups is 1. The van der Waals surface area contributed by atoms with Crippen LogP contribution in [0, 0.1) is 13.8 Å². The van der Waals surface area contributed by atoms with E-state index < -0.39 is 32.5 Å². The number of nitrogens with zero attached hydrogens (tertiary/aromatic N) is 1. The zero-order valence-corrected chi connectivity index (χ0v) is 24.8. The van der Waals surface area contributed by atoms with Gasteiger partial charge in [-0.05, 0) is 91.7 Å². The number of ether oxygens (including phenoxy) is 1. The molecule has 0 fully saturated rings. The lowest BCUT2D eigenvalue weighted by atomic mass is 10.1. The third kappa shape index (κ3) is 6.99. The molecule has 214 valence electrons. The Morgan fingerprint density at radius 2 is 1.41 bits per heavy atom. The van der Waals surface area contributed by atoms with Crippen LogP contribution in [-0.4, -0.2) is 36.4 Å². The molecule has 12 heteroatoms. The molecule has 0 heterocycles. The van der Waals surface area contributed by atoms with Crippen molar-refractivity contribution in [1.82, 2.24) is 0 Å². The molecule has 0 atom stereocenters. The van der Waals surface area contributed by atoms with Gasteiger partial charge >= 0.3 is 0 Å². The SMILES string of the molecule is COc1ccc(S(=O)(=O)N(CC(=O)Nc2ccc(S(=O)(=O)Nc3c(C)cccc3C)cc2)c2cccc(Cl)c2)cc1. The zero-order chi connectivity index (χ0) is 29.8. The lowest BCUT2D eigenvalue weighted by Gasteiger charge is -2.24. The molecule has 41 heavy (non-hydrogen) atoms. The molecule has 0 aliphatic rings. The highest BCUT2D eigenvalue weighted by Gasteiger charge is 2.28. The summed E-state index contributed by atoms with van der Waals surface area (Å²) in [6.07, 6.45) is 0. The van der Waals surface area contributed by atoms with Gasteiger partial charge in [-0.15, -0.1) is 0 Å². The van der Waals surface area contributed by atoms with Crippen LogP contribution < -0.4 is 19.1 Å². The number of methoxy groups -OCH3 is 1. The van der Waals surface area contributed by atoms with E-state index in [1.807, 2.05) is 32.0 Å². The van der Waals surface area contributed by atoms with Crippen molar-refractivity contribution < 1.29 is 26.4 Å². The predicted molar refractivity (Wildman–Crippen MR) is 161 cm³/mol. The average Bonchev–Trinajstić information content (AvgIpc) is 2.94. The van der Waals surface area contributed by atoms with E-state index >= 15 is 0 Å². The van der Waals surface area contributed by atoms with Crippen LogP contribution in [0.4, 0.5) is 17.1 Å². The molecule has 0 aliphatic carbocycles. The first kappa shape index (κ1) is 29.9. The van der Waals surface area contributed by atoms with Crippen LogP contribution in [0.1, 0.15) is 11.1 Å². The van der Waals surface area contributed by atoms with Crippen LogP contribution >= 0.6 is 11.6 Å². The number of rotatable bonds is 10. The van der Waals surface area contributed by atoms with Crippen LogP contribution in [0.5, 0.6) is 5.75 Å². The summed E-state index contributed by atoms with van der Waals surface area (Å²) in [4.78, 5) is 13.0. The van der Waals surface area contributed by atoms with Crippen molar-refractivity contribution in [2.24, 2.45) is 0 Å². The minimum absolute atomic E-state index is 0.000731. The number of benzene rings is 4. The summed E-state index contributed by atoms with van der Waals surface area (Å²) < 4.78 is 61.7. The number of hydrogen-bond acceptors (Lipinski definition) is 6. The zero-order valence-electron chi connectivity index (χ0n) is 22.5. The van der Waals surface area contributed by atoms with E-state index in [-0.39, 0.29) is 21.2 Å². The minimum atomic E-state index is -4.18. The Balaban J connectivity index is 1.54. The molecular weight excluding hydrogens is 586 g/mol. The summed E-state index contributed by atoms with van der Waals surface area (Å²) in [5, 5.41) is 2.93. The standard InChI is InChI=1S/C29H28ClN3O6S2/c1-20-6-4-7-21(2)29(20)32-40(35,36)26-14-10-23(11-15-26)31-28(34)19-33(24-9-5-8-22(30)18-24)41(37,38)27-16-12-25(39-3)13-17-27/h4-18,32H,19H2,1-3H3,(H,31,34). The van der Waals surface area contributed by atoms with Crippen LogP contribution in [0.25, 0.3) is 0 Å². The van der Waals surface area contributed by atoms with Gasteiger partial charge in [-0.3, -0.25) is 13.8 Å². The van der Waals surface area contributed by atoms with Gasteiger partial charge in [-0.25, -0.2) is 16.8 Å². The van der Waals surface area contributed by atoms with Crippen LogP contribution in [0.2, 0.25) is 5.02 Å². The lowest BCUT2D eigenvalue weighted by Crippen LogP contribution is -2.38. The fourth-order valence-corrected chi connectivity index (χ4v) is 6.84. The molecule has 0 radical (unpaired) electrons. The van der Waals surface area contributed by atoms with Crippen LogP contribution in [0.3, 0.4) is 0 Å². The fraction of sp³-hybridized carbons (Fsp3) is 0.138. The summed E-state index contributed by atoms with van der Waals surface area (Å²) in [7, 11) is -6.60. The molecule has 0 aliphatic heterocycles. The maximum Gasteiger partial charge on any atom is 0.264 e. The summed E-state index contributed by atoms with van der Waals surface area (Å²) in [5.41, 5.74) is 2.55. The number of nitrogens with one attached hydrogen (secondary N) is 2. The number of anilines is 3. The first-order valence-electron chi connectivity index (χ1n) is 12.3. The highest BCUT2D eigenvalue weighted by atomic mass is 35.5. The topological polar surface area (TPSA) is 122 Å². The van der Waals surface area contributed by atoms with Crippen LogP contribution in [0.15, 0.2) is 101 Å². The molecule has 0 unspecified atom stereocenters. The summed E-state index contributed by atoms with van der Waals surface area (Å²) >= 11 is 6.12. The Labute approximate surface area is 244 Å². The average molecular weight is 614 g/mol. The Hall–Kier alpha value is -4.06. The molecule has 0 spiro atoms. The number of carbonyl (C=O) groups excluding carboxylic acids is 1. The molecule has 1 amide bonds. The minimum Gasteiger partial charge on any atom is -0.497 e. The first-order valence-corrected chi connectivity index (χ1v) is 15.6. The number of sulfonamides is 2. The van der Waals surface area contributed by atoms with Gasteiger partial charge in [0.15, 0.2) is 0 Å². The van der Waals surface area contributed by atoms with E-state index in [1.54, 1.807) is 12.1 Å². The normalized spacial score (nSPS) is 11.5. The molecule has 4 aromatic carbocycles. The quantitative estimate of drug-likeness (QED) is 0.240. The Morgan fingerprint density at radius 1 is 0.829 bits per heavy atom. The third-order valence-electron chi connectivity index (χ3n) is 6.20. The second-order valence-corrected chi connectivity index (χ2v) is 13.1. The van der Waals surface area contributed by atoms with Crippen molar-refractivity contribution in [3.05, 3.63) is 107 Å². The summed E-state index contributed by atoms with van der Waals surface area (Å²) in [6, 6.07) is 23.0. The van der Waals surface area contributed by atoms with Crippen molar-refractivity contribution in [3.63, 3.8) is 0 Å². The van der Waals surface area contributed by atoms with Gasteiger partial charge in [-0.1, -0.05) is 35.9 Å². The van der Waals surface area contributed by atoms with E-state index in [0.717, 1.165) is 15.4 Å². The number of hydrogen-bond donors (Lipinski definition) is 2. The molecule has 0 bridgehead atoms. The largest absolute Gasteiger partial charge is 0.497 e. The Kier molecular flexibility index (Phi) is 8.91. The molecule has 9 nitrogen and oxygen atoms in total. The second kappa shape index (κ2) is 12.2. The Bertz CT molecular complexity index is 1760. The second-order valence-electron chi connectivity index (χ2n) is 9.11. The van der Waals surface area contributed by atoms with Gasteiger partial charge < -0.3 is 10.1 Å². The van der Waals surface area contributed by atoms with E-state index in [1.165, 1.54) is 67.8 Å². The molecular formula is C29H28ClN3O6S2. The first-order chi connectivity index (χ1) is 19.4. The monoisotopic (exact) mass is 613 g/mol. The van der Waals surface area contributed by atoms with E-state index in [4.69, 9.17) is 16.3 Å². The number of aryl methyl sites for hydroxylation is 2. The maximum absolute atomic E-state index is 13.6. The van der Waals surface area contributed by atoms with Gasteiger partial charge in [0.2, 0.25) is 5.91 Å². The number of amides is 1. The molecule has 2 N–H and O–H groups in total. The molecule has 4 aromatic rings. The lowest BCUT2D eigenvalue weighted by molar-refractivity contribution is -0.114. The third-order valence-corrected chi connectivity index (χ3v) is 9.59. The fourth-order valence-electron chi connectivity index (χ4n) is 4.04. The molecule has 4 rings (SSSR count). The summed E-state index contributed by atoms with van der Waals surface area (Å²) in [5.74, 6) is -0.169. The van der Waals surface area contributed by atoms with Gasteiger partial charge in [0.05, 0.1) is 28.3 Å². The van der Waals surface area contributed by atoms with Crippen molar-refractivity contribution in [2.45, 2.75) is 23.6 Å². The van der Waals surface area contributed by atoms with Crippen molar-refractivity contribution >= 4 is 54.6 Å². The van der Waals surface area contributed by atoms with Gasteiger partial charge in [0.25, 0.3) is 20.0 Å². The maximum atomic E-state index is 13.6. The van der Waals surface area contributed by atoms with Crippen molar-refractivity contribution in [2.75, 3.05) is 28.0 Å².